The molecule has 1 heterocycles. The van der Waals surface area contributed by atoms with E-state index in [-0.39, 0.29) is 11.2 Å². The molecule has 15 heavy (non-hydrogen) atoms. The molecule has 0 saturated carbocycles. The van der Waals surface area contributed by atoms with Gasteiger partial charge in [0, 0.05) is 6.04 Å². The molecule has 0 spiro atoms. The van der Waals surface area contributed by atoms with Gasteiger partial charge in [0.25, 0.3) is 0 Å². The van der Waals surface area contributed by atoms with E-state index in [0.717, 1.165) is 19.3 Å². The van der Waals surface area contributed by atoms with Crippen LogP contribution in [0.25, 0.3) is 0 Å². The molecule has 0 aromatic rings. The Morgan fingerprint density at radius 1 is 1.33 bits per heavy atom. The number of nitrogens with two attached hydrogens (primary N) is 1. The van der Waals surface area contributed by atoms with Crippen LogP contribution in [-0.4, -0.2) is 17.2 Å². The summed E-state index contributed by atoms with van der Waals surface area (Å²) in [6.45, 7) is 11.0. The summed E-state index contributed by atoms with van der Waals surface area (Å²) in [4.78, 5) is 0. The largest absolute Gasteiger partial charge is 0.369 e. The lowest BCUT2D eigenvalue weighted by molar-refractivity contribution is -0.0753. The molecule has 1 aliphatic rings. The fraction of sp³-hybridized carbons (Fsp3) is 1.00. The van der Waals surface area contributed by atoms with E-state index in [1.807, 2.05) is 0 Å². The maximum Gasteiger partial charge on any atom is 0.0662 e. The Bertz CT molecular complexity index is 211. The van der Waals surface area contributed by atoms with Gasteiger partial charge in [-0.25, -0.2) is 0 Å². The summed E-state index contributed by atoms with van der Waals surface area (Å²) in [5.41, 5.74) is 6.04. The smallest absolute Gasteiger partial charge is 0.0662 e. The topological polar surface area (TPSA) is 35.2 Å². The third kappa shape index (κ3) is 3.46. The Morgan fingerprint density at radius 2 is 1.93 bits per heavy atom. The molecule has 0 amide bonds. The van der Waals surface area contributed by atoms with Gasteiger partial charge in [0.2, 0.25) is 0 Å². The first-order valence-corrected chi connectivity index (χ1v) is 6.22. The Hall–Kier alpha value is -0.0800. The van der Waals surface area contributed by atoms with Crippen molar-refractivity contribution < 1.29 is 4.74 Å². The van der Waals surface area contributed by atoms with Crippen LogP contribution >= 0.6 is 0 Å². The molecule has 2 heteroatoms. The second kappa shape index (κ2) is 4.42. The fourth-order valence-corrected chi connectivity index (χ4v) is 2.75. The number of rotatable bonds is 4. The molecule has 1 fully saturated rings. The van der Waals surface area contributed by atoms with Crippen molar-refractivity contribution in [3.8, 4) is 0 Å². The highest BCUT2D eigenvalue weighted by atomic mass is 16.5. The molecule has 2 nitrogen and oxygen atoms in total. The highest BCUT2D eigenvalue weighted by molar-refractivity contribution is 4.94. The summed E-state index contributed by atoms with van der Waals surface area (Å²) in [7, 11) is 0. The molecule has 0 radical (unpaired) electrons. The molecule has 1 rings (SSSR count). The van der Waals surface area contributed by atoms with Gasteiger partial charge >= 0.3 is 0 Å². The van der Waals surface area contributed by atoms with Gasteiger partial charge in [-0.05, 0) is 59.3 Å². The van der Waals surface area contributed by atoms with E-state index in [1.165, 1.54) is 6.42 Å². The molecule has 0 bridgehead atoms. The lowest BCUT2D eigenvalue weighted by Gasteiger charge is -2.27. The molecule has 0 aromatic carbocycles. The van der Waals surface area contributed by atoms with Crippen LogP contribution in [0.15, 0.2) is 0 Å². The lowest BCUT2D eigenvalue weighted by Crippen LogP contribution is -2.30. The molecule has 2 atom stereocenters. The van der Waals surface area contributed by atoms with Crippen LogP contribution in [0.4, 0.5) is 0 Å². The van der Waals surface area contributed by atoms with Crippen LogP contribution in [0.2, 0.25) is 0 Å². The second-order valence-corrected chi connectivity index (χ2v) is 6.11. The first-order valence-electron chi connectivity index (χ1n) is 6.22. The Morgan fingerprint density at radius 3 is 2.33 bits per heavy atom. The van der Waals surface area contributed by atoms with E-state index < -0.39 is 0 Å². The van der Waals surface area contributed by atoms with Crippen molar-refractivity contribution in [1.82, 2.24) is 0 Å². The van der Waals surface area contributed by atoms with Crippen LogP contribution in [0.3, 0.4) is 0 Å². The maximum absolute atomic E-state index is 6.07. The quantitative estimate of drug-likeness (QED) is 0.779. The van der Waals surface area contributed by atoms with Crippen molar-refractivity contribution in [1.29, 1.82) is 0 Å². The van der Waals surface area contributed by atoms with Crippen molar-refractivity contribution in [2.75, 3.05) is 0 Å². The molecule has 2 N–H and O–H groups in total. The third-order valence-electron chi connectivity index (χ3n) is 3.67. The van der Waals surface area contributed by atoms with Crippen LogP contribution in [0.5, 0.6) is 0 Å². The minimum absolute atomic E-state index is 0.0248. The minimum Gasteiger partial charge on any atom is -0.369 e. The van der Waals surface area contributed by atoms with Crippen molar-refractivity contribution in [3.63, 3.8) is 0 Å². The molecule has 1 aliphatic heterocycles. The first-order chi connectivity index (χ1) is 6.77. The summed E-state index contributed by atoms with van der Waals surface area (Å²) in [5.74, 6) is 0.657. The Kier molecular flexibility index (Phi) is 3.83. The van der Waals surface area contributed by atoms with Crippen LogP contribution in [-0.2, 0) is 4.74 Å². The van der Waals surface area contributed by atoms with Gasteiger partial charge in [-0.2, -0.15) is 0 Å². The number of hydrogen-bond acceptors (Lipinski definition) is 2. The van der Waals surface area contributed by atoms with Crippen molar-refractivity contribution >= 4 is 0 Å². The van der Waals surface area contributed by atoms with Gasteiger partial charge in [-0.3, -0.25) is 0 Å². The molecule has 0 aromatic heterocycles. The molecule has 0 aliphatic carbocycles. The summed E-state index contributed by atoms with van der Waals surface area (Å²) in [5, 5.41) is 0. The monoisotopic (exact) mass is 213 g/mol. The predicted molar refractivity (Wildman–Crippen MR) is 64.9 cm³/mol. The Balaban J connectivity index is 2.48. The lowest BCUT2D eigenvalue weighted by atomic mass is 9.83. The maximum atomic E-state index is 6.07. The summed E-state index contributed by atoms with van der Waals surface area (Å²) < 4.78 is 6.07. The Labute approximate surface area is 94.6 Å². The van der Waals surface area contributed by atoms with Gasteiger partial charge in [0.15, 0.2) is 0 Å². The van der Waals surface area contributed by atoms with Crippen LogP contribution in [0, 0.1) is 5.92 Å². The average Bonchev–Trinajstić information content (AvgIpc) is 2.29. The van der Waals surface area contributed by atoms with E-state index in [2.05, 4.69) is 34.6 Å². The van der Waals surface area contributed by atoms with E-state index in [9.17, 15) is 0 Å². The van der Waals surface area contributed by atoms with Gasteiger partial charge in [0.1, 0.15) is 0 Å². The first kappa shape index (κ1) is 13.0. The SMILES string of the molecule is CCC(N)CCC1CC(C)(C)OC1(C)C. The highest BCUT2D eigenvalue weighted by Crippen LogP contribution is 2.44. The fourth-order valence-electron chi connectivity index (χ4n) is 2.75. The van der Waals surface area contributed by atoms with Crippen LogP contribution in [0.1, 0.15) is 60.3 Å². The van der Waals surface area contributed by atoms with E-state index in [4.69, 9.17) is 10.5 Å². The van der Waals surface area contributed by atoms with Crippen LogP contribution < -0.4 is 5.73 Å². The van der Waals surface area contributed by atoms with Gasteiger partial charge in [-0.15, -0.1) is 0 Å². The minimum atomic E-state index is 0.0248. The molecule has 1 saturated heterocycles. The molecule has 2 unspecified atom stereocenters. The zero-order chi connectivity index (χ0) is 11.7. The number of ether oxygens (including phenoxy) is 1. The van der Waals surface area contributed by atoms with Gasteiger partial charge < -0.3 is 10.5 Å². The summed E-state index contributed by atoms with van der Waals surface area (Å²) in [6.07, 6.45) is 4.57. The zero-order valence-corrected chi connectivity index (χ0v) is 11.0. The van der Waals surface area contributed by atoms with Gasteiger partial charge in [0.05, 0.1) is 11.2 Å². The van der Waals surface area contributed by atoms with Crippen molar-refractivity contribution in [3.05, 3.63) is 0 Å². The zero-order valence-electron chi connectivity index (χ0n) is 11.0. The van der Waals surface area contributed by atoms with E-state index in [0.29, 0.717) is 12.0 Å². The molecular formula is C13H27NO. The number of hydrogen-bond donors (Lipinski definition) is 1. The van der Waals surface area contributed by atoms with Crippen molar-refractivity contribution in [2.45, 2.75) is 77.5 Å². The molecular weight excluding hydrogens is 186 g/mol. The normalized spacial score (nSPS) is 30.4. The molecule has 90 valence electrons. The van der Waals surface area contributed by atoms with Crippen molar-refractivity contribution in [2.24, 2.45) is 11.7 Å². The highest BCUT2D eigenvalue weighted by Gasteiger charge is 2.45. The van der Waals surface area contributed by atoms with E-state index >= 15 is 0 Å². The standard InChI is InChI=1S/C13H27NO/c1-6-11(14)8-7-10-9-12(2,3)15-13(10,4)5/h10-11H,6-9,14H2,1-5H3. The predicted octanol–water partition coefficient (Wildman–Crippen LogP) is 3.10. The average molecular weight is 213 g/mol. The van der Waals surface area contributed by atoms with E-state index in [1.54, 1.807) is 0 Å². The summed E-state index contributed by atoms with van der Waals surface area (Å²) in [6, 6.07) is 0.365. The third-order valence-corrected chi connectivity index (χ3v) is 3.67. The summed E-state index contributed by atoms with van der Waals surface area (Å²) >= 11 is 0. The second-order valence-electron chi connectivity index (χ2n) is 6.11. The van der Waals surface area contributed by atoms with Gasteiger partial charge in [-0.1, -0.05) is 6.92 Å².